The molecule has 0 saturated heterocycles. The summed E-state index contributed by atoms with van der Waals surface area (Å²) in [5, 5.41) is 33.2. The first-order chi connectivity index (χ1) is 22.2. The molecule has 0 N–H and O–H groups in total. The molecule has 0 aliphatic carbocycles. The number of hydrogen-bond donors (Lipinski definition) is 0. The quantitative estimate of drug-likeness (QED) is 0.105. The molecule has 0 atom stereocenters. The summed E-state index contributed by atoms with van der Waals surface area (Å²) in [5.74, 6) is -2.01. The van der Waals surface area contributed by atoms with Crippen molar-refractivity contribution in [1.29, 1.82) is 0 Å². The lowest BCUT2D eigenvalue weighted by molar-refractivity contribution is -0.385. The minimum atomic E-state index is -2.26. The van der Waals surface area contributed by atoms with Crippen molar-refractivity contribution >= 4 is 51.8 Å². The highest BCUT2D eigenvalue weighted by molar-refractivity contribution is 6.59. The van der Waals surface area contributed by atoms with Gasteiger partial charge in [0, 0.05) is 24.3 Å². The molecular formula is C32H24N6O8. The van der Waals surface area contributed by atoms with Gasteiger partial charge >= 0.3 is 11.9 Å². The number of hydrogen-bond acceptors (Lipinski definition) is 12. The highest BCUT2D eigenvalue weighted by atomic mass is 16.6. The summed E-state index contributed by atoms with van der Waals surface area (Å²) < 4.78 is 10.5. The molecule has 14 heteroatoms. The Bertz CT molecular complexity index is 1830. The van der Waals surface area contributed by atoms with E-state index < -0.39 is 32.9 Å². The lowest BCUT2D eigenvalue weighted by atomic mass is 9.69. The molecule has 0 fully saturated rings. The van der Waals surface area contributed by atoms with Crippen LogP contribution >= 0.6 is 0 Å². The van der Waals surface area contributed by atoms with Gasteiger partial charge in [0.15, 0.2) is 5.71 Å². The number of anilines is 1. The van der Waals surface area contributed by atoms with Crippen molar-refractivity contribution in [3.8, 4) is 0 Å². The third kappa shape index (κ3) is 5.69. The topological polar surface area (TPSA) is 179 Å². The van der Waals surface area contributed by atoms with Crippen molar-refractivity contribution in [3.63, 3.8) is 0 Å². The summed E-state index contributed by atoms with van der Waals surface area (Å²) >= 11 is 0. The first-order valence-corrected chi connectivity index (χ1v) is 13.5. The second-order valence-corrected chi connectivity index (χ2v) is 9.66. The summed E-state index contributed by atoms with van der Waals surface area (Å²) in [6.07, 6.45) is 0. The zero-order valence-corrected chi connectivity index (χ0v) is 24.3. The summed E-state index contributed by atoms with van der Waals surface area (Å²) in [6.45, 7) is 0. The van der Waals surface area contributed by atoms with E-state index in [1.54, 1.807) is 60.7 Å². The van der Waals surface area contributed by atoms with Gasteiger partial charge in [-0.1, -0.05) is 60.7 Å². The second kappa shape index (κ2) is 13.0. The van der Waals surface area contributed by atoms with Crippen LogP contribution in [0.4, 0.5) is 22.7 Å². The summed E-state index contributed by atoms with van der Waals surface area (Å²) in [5.41, 5.74) is -2.02. The molecule has 0 aromatic heterocycles. The maximum atomic E-state index is 14.4. The van der Waals surface area contributed by atoms with Crippen LogP contribution in [0.15, 0.2) is 124 Å². The molecule has 1 aliphatic heterocycles. The van der Waals surface area contributed by atoms with Crippen LogP contribution in [-0.4, -0.2) is 53.1 Å². The number of non-ortho nitro benzene ring substituents is 2. The SMILES string of the molecule is COC(=O)C(=Nc1ccc([N+](=O)[O-])cc1)C1(C(=O)OC)C(c2ccccc2)=NN(c2ccc([N+](=O)[O-])cc2)N=C1c1ccccc1. The molecule has 5 rings (SSSR count). The first kappa shape index (κ1) is 30.9. The predicted octanol–water partition coefficient (Wildman–Crippen LogP) is 5.24. The number of aliphatic imine (C=N–C) groups is 1. The Labute approximate surface area is 261 Å². The smallest absolute Gasteiger partial charge is 0.354 e. The zero-order valence-electron chi connectivity index (χ0n) is 24.3. The molecule has 46 heavy (non-hydrogen) atoms. The van der Waals surface area contributed by atoms with Gasteiger partial charge in [-0.2, -0.15) is 15.3 Å². The molecule has 14 nitrogen and oxygen atoms in total. The van der Waals surface area contributed by atoms with Crippen LogP contribution in [0.25, 0.3) is 0 Å². The predicted molar refractivity (Wildman–Crippen MR) is 168 cm³/mol. The Kier molecular flexibility index (Phi) is 8.70. The molecule has 0 saturated carbocycles. The van der Waals surface area contributed by atoms with E-state index in [4.69, 9.17) is 19.7 Å². The molecular weight excluding hydrogens is 596 g/mol. The number of methoxy groups -OCH3 is 2. The summed E-state index contributed by atoms with van der Waals surface area (Å²) in [4.78, 5) is 54.1. The molecule has 0 radical (unpaired) electrons. The molecule has 1 aliphatic rings. The van der Waals surface area contributed by atoms with E-state index in [0.717, 1.165) is 14.2 Å². The molecule has 0 bridgehead atoms. The number of carbonyl (C=O) groups excluding carboxylic acids is 2. The van der Waals surface area contributed by atoms with Crippen molar-refractivity contribution in [1.82, 2.24) is 0 Å². The fourth-order valence-electron chi connectivity index (χ4n) is 4.86. The fourth-order valence-corrected chi connectivity index (χ4v) is 4.86. The number of carbonyl (C=O) groups is 2. The standard InChI is InChI=1S/C32H24N6O8/c1-45-30(39)29(33-23-13-15-25(16-14-23)37(41)42)32(31(40)46-2)27(21-9-5-3-6-10-21)34-36(24-17-19-26(20-18-24)38(43)44)35-28(32)22-11-7-4-8-12-22/h3-20H,1-2H3. The molecule has 4 aromatic rings. The van der Waals surface area contributed by atoms with Gasteiger partial charge in [0.1, 0.15) is 11.4 Å². The van der Waals surface area contributed by atoms with Gasteiger partial charge < -0.3 is 9.47 Å². The van der Waals surface area contributed by atoms with Crippen LogP contribution in [0.1, 0.15) is 11.1 Å². The van der Waals surface area contributed by atoms with Crippen LogP contribution in [0.2, 0.25) is 0 Å². The van der Waals surface area contributed by atoms with Gasteiger partial charge in [0.05, 0.1) is 35.4 Å². The van der Waals surface area contributed by atoms with Crippen LogP contribution in [-0.2, 0) is 19.1 Å². The summed E-state index contributed by atoms with van der Waals surface area (Å²) in [7, 11) is 2.25. The number of nitro groups is 2. The van der Waals surface area contributed by atoms with Gasteiger partial charge in [0.25, 0.3) is 11.4 Å². The fraction of sp³-hybridized carbons (Fsp3) is 0.0938. The van der Waals surface area contributed by atoms with Crippen molar-refractivity contribution in [2.24, 2.45) is 20.6 Å². The van der Waals surface area contributed by atoms with Gasteiger partial charge in [0.2, 0.25) is 5.41 Å². The number of rotatable bonds is 9. The molecule has 4 aromatic carbocycles. The minimum absolute atomic E-state index is 0.0294. The Morgan fingerprint density at radius 3 is 1.57 bits per heavy atom. The molecule has 230 valence electrons. The third-order valence-corrected chi connectivity index (χ3v) is 7.01. The minimum Gasteiger partial charge on any atom is -0.468 e. The van der Waals surface area contributed by atoms with E-state index in [1.165, 1.54) is 53.6 Å². The highest BCUT2D eigenvalue weighted by Gasteiger charge is 2.60. The van der Waals surface area contributed by atoms with Crippen molar-refractivity contribution in [3.05, 3.63) is 141 Å². The first-order valence-electron chi connectivity index (χ1n) is 13.5. The molecule has 0 amide bonds. The zero-order chi connectivity index (χ0) is 32.8. The van der Waals surface area contributed by atoms with Gasteiger partial charge in [-0.3, -0.25) is 25.0 Å². The number of esters is 2. The van der Waals surface area contributed by atoms with Crippen molar-refractivity contribution in [2.45, 2.75) is 0 Å². The van der Waals surface area contributed by atoms with Crippen molar-refractivity contribution in [2.75, 3.05) is 19.3 Å². The Hall–Kier alpha value is -6.57. The van der Waals surface area contributed by atoms with E-state index in [-0.39, 0.29) is 28.5 Å². The van der Waals surface area contributed by atoms with E-state index in [1.807, 2.05) is 0 Å². The average Bonchev–Trinajstić information content (AvgIpc) is 3.10. The van der Waals surface area contributed by atoms with E-state index >= 15 is 0 Å². The maximum absolute atomic E-state index is 14.4. The molecule has 1 heterocycles. The monoisotopic (exact) mass is 620 g/mol. The summed E-state index contributed by atoms with van der Waals surface area (Å²) in [6, 6.07) is 27.5. The lowest BCUT2D eigenvalue weighted by Crippen LogP contribution is -2.59. The third-order valence-electron chi connectivity index (χ3n) is 7.01. The lowest BCUT2D eigenvalue weighted by Gasteiger charge is -2.38. The van der Waals surface area contributed by atoms with E-state index in [2.05, 4.69) is 4.99 Å². The Balaban J connectivity index is 1.89. The largest absolute Gasteiger partial charge is 0.468 e. The van der Waals surface area contributed by atoms with Crippen LogP contribution < -0.4 is 5.12 Å². The Morgan fingerprint density at radius 2 is 1.15 bits per heavy atom. The van der Waals surface area contributed by atoms with Gasteiger partial charge in [-0.15, -0.1) is 0 Å². The number of nitro benzene ring substituents is 2. The number of hydrazone groups is 2. The van der Waals surface area contributed by atoms with Gasteiger partial charge in [-0.25, -0.2) is 9.79 Å². The van der Waals surface area contributed by atoms with E-state index in [0.29, 0.717) is 16.8 Å². The van der Waals surface area contributed by atoms with Crippen LogP contribution in [0, 0.1) is 25.6 Å². The molecule has 0 unspecified atom stereocenters. The highest BCUT2D eigenvalue weighted by Crippen LogP contribution is 2.39. The Morgan fingerprint density at radius 1 is 0.696 bits per heavy atom. The van der Waals surface area contributed by atoms with Crippen molar-refractivity contribution < 1.29 is 28.9 Å². The maximum Gasteiger partial charge on any atom is 0.354 e. The normalized spacial score (nSPS) is 14.0. The van der Waals surface area contributed by atoms with E-state index in [9.17, 15) is 29.8 Å². The second-order valence-electron chi connectivity index (χ2n) is 9.66. The van der Waals surface area contributed by atoms with Gasteiger partial charge in [-0.05, 0) is 35.4 Å². The molecule has 0 spiro atoms. The number of nitrogens with zero attached hydrogens (tertiary/aromatic N) is 6. The average molecular weight is 621 g/mol. The van der Waals surface area contributed by atoms with Crippen LogP contribution in [0.5, 0.6) is 0 Å². The number of benzene rings is 4. The number of ether oxygens (including phenoxy) is 2. The van der Waals surface area contributed by atoms with Crippen LogP contribution in [0.3, 0.4) is 0 Å².